The Hall–Kier alpha value is -1.32. The summed E-state index contributed by atoms with van der Waals surface area (Å²) in [5.41, 5.74) is 3.28. The zero-order valence-electron chi connectivity index (χ0n) is 11.7. The van der Waals surface area contributed by atoms with Crippen molar-refractivity contribution >= 4 is 11.6 Å². The van der Waals surface area contributed by atoms with Gasteiger partial charge in [-0.05, 0) is 37.1 Å². The molecule has 0 spiro atoms. The highest BCUT2D eigenvalue weighted by molar-refractivity contribution is 6.31. The fraction of sp³-hybridized carbons (Fsp3) is 0.400. The van der Waals surface area contributed by atoms with E-state index in [4.69, 9.17) is 11.6 Å². The Bertz CT molecular complexity index is 548. The van der Waals surface area contributed by atoms with Gasteiger partial charge in [0.2, 0.25) is 0 Å². The molecular weight excluding hydrogens is 258 g/mol. The molecule has 0 bridgehead atoms. The first-order chi connectivity index (χ1) is 9.11. The molecular formula is C15H20ClN3. The summed E-state index contributed by atoms with van der Waals surface area (Å²) in [6.45, 7) is 5.12. The second kappa shape index (κ2) is 6.22. The van der Waals surface area contributed by atoms with Crippen LogP contribution in [-0.4, -0.2) is 16.1 Å². The minimum absolute atomic E-state index is 0.0965. The van der Waals surface area contributed by atoms with Crippen LogP contribution in [0.4, 0.5) is 0 Å². The summed E-state index contributed by atoms with van der Waals surface area (Å²) in [5.74, 6) is 0. The number of imidazole rings is 1. The number of nitrogens with one attached hydrogen (secondary N) is 1. The first kappa shape index (κ1) is 14.1. The predicted molar refractivity (Wildman–Crippen MR) is 79.5 cm³/mol. The summed E-state index contributed by atoms with van der Waals surface area (Å²) >= 11 is 6.23. The quantitative estimate of drug-likeness (QED) is 0.907. The number of hydrogen-bond acceptors (Lipinski definition) is 2. The maximum Gasteiger partial charge on any atom is 0.0947 e. The largest absolute Gasteiger partial charge is 0.340 e. The van der Waals surface area contributed by atoms with Gasteiger partial charge in [0.1, 0.15) is 0 Å². The Labute approximate surface area is 119 Å². The van der Waals surface area contributed by atoms with Gasteiger partial charge in [-0.15, -0.1) is 0 Å². The van der Waals surface area contributed by atoms with Gasteiger partial charge in [0.25, 0.3) is 0 Å². The van der Waals surface area contributed by atoms with Crippen LogP contribution in [0.3, 0.4) is 0 Å². The summed E-state index contributed by atoms with van der Waals surface area (Å²) in [6, 6.07) is 6.29. The number of benzene rings is 1. The second-order valence-corrected chi connectivity index (χ2v) is 5.27. The van der Waals surface area contributed by atoms with Crippen LogP contribution >= 0.6 is 11.6 Å². The van der Waals surface area contributed by atoms with Crippen molar-refractivity contribution in [1.82, 2.24) is 14.9 Å². The van der Waals surface area contributed by atoms with Gasteiger partial charge in [0.05, 0.1) is 18.1 Å². The Morgan fingerprint density at radius 2 is 2.21 bits per heavy atom. The molecule has 0 fully saturated rings. The smallest absolute Gasteiger partial charge is 0.0947 e. The van der Waals surface area contributed by atoms with Gasteiger partial charge in [-0.1, -0.05) is 30.7 Å². The molecule has 4 heteroatoms. The molecule has 0 aliphatic rings. The number of rotatable bonds is 5. The number of halogens is 1. The molecule has 1 aromatic heterocycles. The molecule has 0 saturated heterocycles. The van der Waals surface area contributed by atoms with E-state index < -0.39 is 0 Å². The number of aromatic nitrogens is 2. The lowest BCUT2D eigenvalue weighted by molar-refractivity contribution is 0.588. The molecule has 1 unspecified atom stereocenters. The standard InChI is InChI=1S/C15H20ClN3/c1-4-7-17-15(14-9-19(3)10-18-14)12-6-5-11(2)13(16)8-12/h5-6,8-10,15,17H,4,7H2,1-3H3. The molecule has 0 saturated carbocycles. The van der Waals surface area contributed by atoms with Crippen LogP contribution in [0, 0.1) is 6.92 Å². The van der Waals surface area contributed by atoms with E-state index >= 15 is 0 Å². The zero-order chi connectivity index (χ0) is 13.8. The maximum absolute atomic E-state index is 6.23. The summed E-state index contributed by atoms with van der Waals surface area (Å²) in [4.78, 5) is 4.45. The van der Waals surface area contributed by atoms with E-state index in [2.05, 4.69) is 29.4 Å². The van der Waals surface area contributed by atoms with Gasteiger partial charge >= 0.3 is 0 Å². The highest BCUT2D eigenvalue weighted by atomic mass is 35.5. The van der Waals surface area contributed by atoms with E-state index in [-0.39, 0.29) is 6.04 Å². The van der Waals surface area contributed by atoms with Gasteiger partial charge in [-0.25, -0.2) is 4.98 Å². The third-order valence-corrected chi connectivity index (χ3v) is 3.56. The van der Waals surface area contributed by atoms with E-state index in [1.54, 1.807) is 0 Å². The van der Waals surface area contributed by atoms with E-state index in [0.717, 1.165) is 34.8 Å². The SMILES string of the molecule is CCCNC(c1ccc(C)c(Cl)c1)c1cn(C)cn1. The van der Waals surface area contributed by atoms with Crippen molar-refractivity contribution in [1.29, 1.82) is 0 Å². The number of nitrogens with zero attached hydrogens (tertiary/aromatic N) is 2. The number of aryl methyl sites for hydroxylation is 2. The van der Waals surface area contributed by atoms with Gasteiger partial charge in [0.15, 0.2) is 0 Å². The van der Waals surface area contributed by atoms with Crippen LogP contribution in [0.2, 0.25) is 5.02 Å². The Morgan fingerprint density at radius 3 is 2.79 bits per heavy atom. The average Bonchev–Trinajstić information content (AvgIpc) is 2.80. The van der Waals surface area contributed by atoms with E-state index in [1.165, 1.54) is 0 Å². The molecule has 2 aromatic rings. The topological polar surface area (TPSA) is 29.9 Å². The fourth-order valence-corrected chi connectivity index (χ4v) is 2.24. The van der Waals surface area contributed by atoms with Crippen LogP contribution in [0.5, 0.6) is 0 Å². The van der Waals surface area contributed by atoms with Crippen molar-refractivity contribution in [3.8, 4) is 0 Å². The minimum atomic E-state index is 0.0965. The van der Waals surface area contributed by atoms with Crippen molar-refractivity contribution in [2.75, 3.05) is 6.54 Å². The summed E-state index contributed by atoms with van der Waals surface area (Å²) in [7, 11) is 1.98. The highest BCUT2D eigenvalue weighted by Gasteiger charge is 2.16. The van der Waals surface area contributed by atoms with Crippen LogP contribution in [0.1, 0.15) is 36.2 Å². The molecule has 1 aromatic carbocycles. The van der Waals surface area contributed by atoms with Gasteiger partial charge in [-0.2, -0.15) is 0 Å². The fourth-order valence-electron chi connectivity index (χ4n) is 2.05. The molecule has 102 valence electrons. The number of hydrogen-bond donors (Lipinski definition) is 1. The van der Waals surface area contributed by atoms with E-state index in [1.807, 2.05) is 37.1 Å². The Kier molecular flexibility index (Phi) is 4.61. The monoisotopic (exact) mass is 277 g/mol. The Balaban J connectivity index is 2.33. The molecule has 3 nitrogen and oxygen atoms in total. The first-order valence-corrected chi connectivity index (χ1v) is 6.97. The summed E-state index contributed by atoms with van der Waals surface area (Å²) in [5, 5.41) is 4.33. The average molecular weight is 278 g/mol. The van der Waals surface area contributed by atoms with E-state index in [0.29, 0.717) is 0 Å². The van der Waals surface area contributed by atoms with Gasteiger partial charge in [0, 0.05) is 18.3 Å². The second-order valence-electron chi connectivity index (χ2n) is 4.86. The van der Waals surface area contributed by atoms with Crippen LogP contribution in [0.15, 0.2) is 30.7 Å². The molecule has 0 radical (unpaired) electrons. The summed E-state index contributed by atoms with van der Waals surface area (Å²) < 4.78 is 1.96. The first-order valence-electron chi connectivity index (χ1n) is 6.59. The molecule has 2 rings (SSSR count). The Morgan fingerprint density at radius 1 is 1.42 bits per heavy atom. The van der Waals surface area contributed by atoms with Crippen molar-refractivity contribution in [3.05, 3.63) is 52.6 Å². The lowest BCUT2D eigenvalue weighted by Crippen LogP contribution is -2.23. The summed E-state index contributed by atoms with van der Waals surface area (Å²) in [6.07, 6.45) is 4.95. The lowest BCUT2D eigenvalue weighted by Gasteiger charge is -2.17. The molecule has 0 amide bonds. The predicted octanol–water partition coefficient (Wildman–Crippen LogP) is 3.47. The molecule has 1 atom stereocenters. The van der Waals surface area contributed by atoms with Crippen molar-refractivity contribution in [3.63, 3.8) is 0 Å². The molecule has 0 aliphatic heterocycles. The minimum Gasteiger partial charge on any atom is -0.340 e. The maximum atomic E-state index is 6.23. The third-order valence-electron chi connectivity index (χ3n) is 3.15. The molecule has 0 aliphatic carbocycles. The molecule has 19 heavy (non-hydrogen) atoms. The zero-order valence-corrected chi connectivity index (χ0v) is 12.4. The lowest BCUT2D eigenvalue weighted by atomic mass is 10.0. The van der Waals surface area contributed by atoms with Crippen molar-refractivity contribution in [2.45, 2.75) is 26.3 Å². The van der Waals surface area contributed by atoms with Gasteiger partial charge in [-0.3, -0.25) is 0 Å². The molecule has 1 heterocycles. The van der Waals surface area contributed by atoms with Crippen LogP contribution < -0.4 is 5.32 Å². The normalized spacial score (nSPS) is 12.6. The van der Waals surface area contributed by atoms with Crippen molar-refractivity contribution < 1.29 is 0 Å². The van der Waals surface area contributed by atoms with Gasteiger partial charge < -0.3 is 9.88 Å². The van der Waals surface area contributed by atoms with Crippen LogP contribution in [-0.2, 0) is 7.05 Å². The van der Waals surface area contributed by atoms with Crippen molar-refractivity contribution in [2.24, 2.45) is 7.05 Å². The molecule has 1 N–H and O–H groups in total. The van der Waals surface area contributed by atoms with E-state index in [9.17, 15) is 0 Å². The van der Waals surface area contributed by atoms with Crippen LogP contribution in [0.25, 0.3) is 0 Å². The highest BCUT2D eigenvalue weighted by Crippen LogP contribution is 2.25. The third kappa shape index (κ3) is 3.37.